The number of rotatable bonds is 4. The van der Waals surface area contributed by atoms with Crippen LogP contribution in [-0.4, -0.2) is 50.3 Å². The van der Waals surface area contributed by atoms with Crippen LogP contribution in [0.4, 0.5) is 0 Å². The maximum absolute atomic E-state index is 12.6. The average Bonchev–Trinajstić information content (AvgIpc) is 2.99. The van der Waals surface area contributed by atoms with Crippen LogP contribution >= 0.6 is 0 Å². The van der Waals surface area contributed by atoms with Crippen LogP contribution in [0.25, 0.3) is 0 Å². The SMILES string of the molecule is COC[C@]12CCCO[C@@H]1CCN(C(=O)C[C@@H]1C=CCC1)C2. The number of amides is 1. The van der Waals surface area contributed by atoms with Crippen molar-refractivity contribution in [3.63, 3.8) is 0 Å². The summed E-state index contributed by atoms with van der Waals surface area (Å²) >= 11 is 0. The van der Waals surface area contributed by atoms with Gasteiger partial charge >= 0.3 is 0 Å². The summed E-state index contributed by atoms with van der Waals surface area (Å²) in [5, 5.41) is 0. The third-order valence-corrected chi connectivity index (χ3v) is 5.32. The number of allylic oxidation sites excluding steroid dienone is 2. The van der Waals surface area contributed by atoms with E-state index in [-0.39, 0.29) is 11.5 Å². The van der Waals surface area contributed by atoms with Crippen molar-refractivity contribution in [1.82, 2.24) is 4.90 Å². The van der Waals surface area contributed by atoms with E-state index in [1.165, 1.54) is 0 Å². The van der Waals surface area contributed by atoms with Gasteiger partial charge in [-0.05, 0) is 38.0 Å². The first kappa shape index (κ1) is 15.0. The summed E-state index contributed by atoms with van der Waals surface area (Å²) < 4.78 is 11.4. The molecule has 0 spiro atoms. The number of methoxy groups -OCH3 is 1. The summed E-state index contributed by atoms with van der Waals surface area (Å²) in [6.45, 7) is 3.20. The molecule has 21 heavy (non-hydrogen) atoms. The normalized spacial score (nSPS) is 35.8. The van der Waals surface area contributed by atoms with Gasteiger partial charge in [-0.3, -0.25) is 4.79 Å². The van der Waals surface area contributed by atoms with Gasteiger partial charge in [-0.15, -0.1) is 0 Å². The van der Waals surface area contributed by atoms with Gasteiger partial charge in [-0.25, -0.2) is 0 Å². The zero-order valence-corrected chi connectivity index (χ0v) is 13.1. The van der Waals surface area contributed by atoms with Crippen molar-refractivity contribution in [1.29, 1.82) is 0 Å². The highest BCUT2D eigenvalue weighted by molar-refractivity contribution is 5.77. The van der Waals surface area contributed by atoms with Gasteiger partial charge in [0.05, 0.1) is 12.7 Å². The Bertz CT molecular complexity index is 405. The highest BCUT2D eigenvalue weighted by atomic mass is 16.5. The Labute approximate surface area is 127 Å². The van der Waals surface area contributed by atoms with Gasteiger partial charge in [0.25, 0.3) is 0 Å². The molecule has 0 radical (unpaired) electrons. The standard InChI is InChI=1S/C17H27NO3/c1-20-13-17-8-4-10-21-15(17)7-9-18(12-17)16(19)11-14-5-2-3-6-14/h2,5,14-15H,3-4,6-13H2,1H3/t14-,15-,17-/m1/s1. The van der Waals surface area contributed by atoms with Crippen molar-refractivity contribution < 1.29 is 14.3 Å². The quantitative estimate of drug-likeness (QED) is 0.747. The van der Waals surface area contributed by atoms with Gasteiger partial charge < -0.3 is 14.4 Å². The fourth-order valence-electron chi connectivity index (χ4n) is 4.22. The van der Waals surface area contributed by atoms with Crippen LogP contribution in [0.15, 0.2) is 12.2 Å². The first-order valence-electron chi connectivity index (χ1n) is 8.28. The molecule has 3 rings (SSSR count). The van der Waals surface area contributed by atoms with E-state index in [9.17, 15) is 4.79 Å². The Morgan fingerprint density at radius 3 is 3.14 bits per heavy atom. The van der Waals surface area contributed by atoms with Crippen molar-refractivity contribution in [3.05, 3.63) is 12.2 Å². The van der Waals surface area contributed by atoms with E-state index in [2.05, 4.69) is 17.1 Å². The van der Waals surface area contributed by atoms with Crippen LogP contribution in [0.5, 0.6) is 0 Å². The Morgan fingerprint density at radius 1 is 1.48 bits per heavy atom. The van der Waals surface area contributed by atoms with Gasteiger partial charge in [0.15, 0.2) is 0 Å². The molecule has 0 saturated carbocycles. The van der Waals surface area contributed by atoms with Crippen LogP contribution in [0.3, 0.4) is 0 Å². The van der Waals surface area contributed by atoms with Crippen molar-refractivity contribution >= 4 is 5.91 Å². The molecule has 1 aliphatic carbocycles. The second kappa shape index (κ2) is 6.49. The molecule has 3 atom stereocenters. The molecule has 1 amide bonds. The van der Waals surface area contributed by atoms with Crippen molar-refractivity contribution in [2.24, 2.45) is 11.3 Å². The number of likely N-dealkylation sites (tertiary alicyclic amines) is 1. The molecule has 2 heterocycles. The van der Waals surface area contributed by atoms with Crippen molar-refractivity contribution in [3.8, 4) is 0 Å². The topological polar surface area (TPSA) is 38.8 Å². The zero-order chi connectivity index (χ0) is 14.7. The first-order chi connectivity index (χ1) is 10.2. The predicted octanol–water partition coefficient (Wildman–Crippen LogP) is 2.39. The van der Waals surface area contributed by atoms with Gasteiger partial charge in [0.2, 0.25) is 5.91 Å². The van der Waals surface area contributed by atoms with Crippen LogP contribution in [0.1, 0.15) is 38.5 Å². The smallest absolute Gasteiger partial charge is 0.223 e. The Balaban J connectivity index is 1.64. The molecule has 4 nitrogen and oxygen atoms in total. The van der Waals surface area contributed by atoms with Gasteiger partial charge in [-0.1, -0.05) is 12.2 Å². The van der Waals surface area contributed by atoms with E-state index in [1.54, 1.807) is 7.11 Å². The highest BCUT2D eigenvalue weighted by Crippen LogP contribution is 2.40. The summed E-state index contributed by atoms with van der Waals surface area (Å²) in [7, 11) is 1.75. The van der Waals surface area contributed by atoms with Crippen LogP contribution in [0.2, 0.25) is 0 Å². The van der Waals surface area contributed by atoms with Gasteiger partial charge in [-0.2, -0.15) is 0 Å². The lowest BCUT2D eigenvalue weighted by molar-refractivity contribution is -0.162. The lowest BCUT2D eigenvalue weighted by atomic mass is 9.73. The monoisotopic (exact) mass is 293 g/mol. The van der Waals surface area contributed by atoms with Crippen LogP contribution < -0.4 is 0 Å². The lowest BCUT2D eigenvalue weighted by Gasteiger charge is -2.50. The van der Waals surface area contributed by atoms with Gasteiger partial charge in [0, 0.05) is 38.6 Å². The Hall–Kier alpha value is -0.870. The molecule has 2 aliphatic heterocycles. The molecule has 0 aromatic heterocycles. The van der Waals surface area contributed by atoms with E-state index < -0.39 is 0 Å². The number of nitrogens with zero attached hydrogens (tertiary/aromatic N) is 1. The van der Waals surface area contributed by atoms with Crippen LogP contribution in [0, 0.1) is 11.3 Å². The summed E-state index contributed by atoms with van der Waals surface area (Å²) in [5.74, 6) is 0.766. The molecule has 4 heteroatoms. The maximum atomic E-state index is 12.6. The molecule has 0 bridgehead atoms. The average molecular weight is 293 g/mol. The lowest BCUT2D eigenvalue weighted by Crippen LogP contribution is -2.58. The molecular weight excluding hydrogens is 266 g/mol. The van der Waals surface area contributed by atoms with E-state index in [4.69, 9.17) is 9.47 Å². The minimum absolute atomic E-state index is 0.0203. The summed E-state index contributed by atoms with van der Waals surface area (Å²) in [6.07, 6.45) is 10.7. The fourth-order valence-corrected chi connectivity index (χ4v) is 4.22. The Kier molecular flexibility index (Phi) is 4.65. The van der Waals surface area contributed by atoms with E-state index in [0.29, 0.717) is 24.9 Å². The minimum atomic E-state index is 0.0203. The van der Waals surface area contributed by atoms with Crippen molar-refractivity contribution in [2.75, 3.05) is 33.4 Å². The fraction of sp³-hybridized carbons (Fsp3) is 0.824. The third kappa shape index (κ3) is 3.16. The molecule has 2 fully saturated rings. The number of carbonyl (C=O) groups excluding carboxylic acids is 1. The highest BCUT2D eigenvalue weighted by Gasteiger charge is 2.47. The summed E-state index contributed by atoms with van der Waals surface area (Å²) in [6, 6.07) is 0. The Morgan fingerprint density at radius 2 is 2.38 bits per heavy atom. The van der Waals surface area contributed by atoms with Crippen molar-refractivity contribution in [2.45, 2.75) is 44.6 Å². The predicted molar refractivity (Wildman–Crippen MR) is 81.0 cm³/mol. The molecule has 0 unspecified atom stereocenters. The van der Waals surface area contributed by atoms with Gasteiger partial charge in [0.1, 0.15) is 0 Å². The summed E-state index contributed by atoms with van der Waals surface area (Å²) in [4.78, 5) is 14.7. The maximum Gasteiger partial charge on any atom is 0.223 e. The number of hydrogen-bond donors (Lipinski definition) is 0. The van der Waals surface area contributed by atoms with E-state index in [1.807, 2.05) is 0 Å². The first-order valence-corrected chi connectivity index (χ1v) is 8.28. The number of hydrogen-bond acceptors (Lipinski definition) is 3. The molecule has 2 saturated heterocycles. The summed E-state index contributed by atoms with van der Waals surface area (Å²) in [5.41, 5.74) is 0.0203. The van der Waals surface area contributed by atoms with E-state index >= 15 is 0 Å². The second-order valence-electron chi connectivity index (χ2n) is 6.83. The second-order valence-corrected chi connectivity index (χ2v) is 6.83. The molecular formula is C17H27NO3. The minimum Gasteiger partial charge on any atom is -0.384 e. The number of fused-ring (bicyclic) bond motifs is 1. The number of ether oxygens (including phenoxy) is 2. The van der Waals surface area contributed by atoms with Crippen LogP contribution in [-0.2, 0) is 14.3 Å². The number of carbonyl (C=O) groups is 1. The molecule has 0 aromatic carbocycles. The zero-order valence-electron chi connectivity index (χ0n) is 13.1. The largest absolute Gasteiger partial charge is 0.384 e. The molecule has 118 valence electrons. The molecule has 3 aliphatic rings. The number of piperidine rings is 1. The van der Waals surface area contributed by atoms with E-state index in [0.717, 1.165) is 51.8 Å². The molecule has 0 N–H and O–H groups in total. The molecule has 0 aromatic rings. The third-order valence-electron chi connectivity index (χ3n) is 5.32.